The van der Waals surface area contributed by atoms with Crippen LogP contribution in [0.4, 0.5) is 5.82 Å². The predicted octanol–water partition coefficient (Wildman–Crippen LogP) is 4.07. The molecule has 1 amide bonds. The van der Waals surface area contributed by atoms with Gasteiger partial charge in [-0.2, -0.15) is 0 Å². The topological polar surface area (TPSA) is 50.2 Å². The van der Waals surface area contributed by atoms with E-state index in [0.29, 0.717) is 12.2 Å². The Balaban J connectivity index is 1.24. The van der Waals surface area contributed by atoms with Crippen molar-refractivity contribution in [2.75, 3.05) is 11.4 Å². The molecule has 0 saturated heterocycles. The first kappa shape index (κ1) is 18.4. The van der Waals surface area contributed by atoms with Crippen molar-refractivity contribution < 1.29 is 4.79 Å². The number of benzene rings is 2. The first-order valence-electron chi connectivity index (χ1n) is 10.3. The van der Waals surface area contributed by atoms with Crippen molar-refractivity contribution in [1.82, 2.24) is 14.9 Å². The Kier molecular flexibility index (Phi) is 4.71. The van der Waals surface area contributed by atoms with Crippen LogP contribution in [0.5, 0.6) is 0 Å². The highest BCUT2D eigenvalue weighted by Gasteiger charge is 2.17. The maximum absolute atomic E-state index is 12.7. The molecule has 30 heavy (non-hydrogen) atoms. The SMILES string of the molecule is Cn1c(C(=O)NCc2ccc(N3CCc4ccccc4C3)nc2)cc2ccccc21. The number of rotatable bonds is 4. The van der Waals surface area contributed by atoms with Gasteiger partial charge in [0.15, 0.2) is 0 Å². The molecule has 5 rings (SSSR count). The third-order valence-electron chi connectivity index (χ3n) is 5.90. The summed E-state index contributed by atoms with van der Waals surface area (Å²) in [6.45, 7) is 2.32. The molecule has 4 aromatic rings. The molecular weight excluding hydrogens is 372 g/mol. The number of aromatic nitrogens is 2. The Bertz CT molecular complexity index is 1210. The molecule has 0 atom stereocenters. The fraction of sp³-hybridized carbons (Fsp3) is 0.200. The molecule has 5 heteroatoms. The molecule has 0 aliphatic carbocycles. The van der Waals surface area contributed by atoms with Crippen molar-refractivity contribution in [1.29, 1.82) is 0 Å². The summed E-state index contributed by atoms with van der Waals surface area (Å²) in [6, 6.07) is 22.6. The molecule has 1 aliphatic rings. The summed E-state index contributed by atoms with van der Waals surface area (Å²) in [5.74, 6) is 0.902. The third kappa shape index (κ3) is 3.43. The number of amides is 1. The first-order valence-corrected chi connectivity index (χ1v) is 10.3. The summed E-state index contributed by atoms with van der Waals surface area (Å²) in [7, 11) is 1.92. The summed E-state index contributed by atoms with van der Waals surface area (Å²) in [6.07, 6.45) is 2.90. The molecule has 2 aromatic carbocycles. The van der Waals surface area contributed by atoms with Gasteiger partial charge in [0.05, 0.1) is 0 Å². The average Bonchev–Trinajstić information content (AvgIpc) is 3.14. The molecule has 1 aliphatic heterocycles. The van der Waals surface area contributed by atoms with Crippen molar-refractivity contribution in [2.24, 2.45) is 7.05 Å². The lowest BCUT2D eigenvalue weighted by Crippen LogP contribution is -2.31. The lowest BCUT2D eigenvalue weighted by atomic mass is 10.00. The van der Waals surface area contributed by atoms with Crippen LogP contribution in [-0.4, -0.2) is 22.0 Å². The maximum atomic E-state index is 12.7. The van der Waals surface area contributed by atoms with Crippen LogP contribution in [-0.2, 0) is 26.6 Å². The van der Waals surface area contributed by atoms with E-state index in [0.717, 1.165) is 41.8 Å². The number of nitrogens with zero attached hydrogens (tertiary/aromatic N) is 3. The quantitative estimate of drug-likeness (QED) is 0.566. The van der Waals surface area contributed by atoms with E-state index < -0.39 is 0 Å². The van der Waals surface area contributed by atoms with E-state index in [2.05, 4.69) is 39.5 Å². The van der Waals surface area contributed by atoms with Crippen LogP contribution < -0.4 is 10.2 Å². The zero-order valence-corrected chi connectivity index (χ0v) is 17.0. The lowest BCUT2D eigenvalue weighted by molar-refractivity contribution is 0.0943. The van der Waals surface area contributed by atoms with Crippen molar-refractivity contribution in [3.05, 3.63) is 95.3 Å². The molecule has 3 heterocycles. The number of para-hydroxylation sites is 1. The number of carbonyl (C=O) groups excluding carboxylic acids is 1. The molecule has 0 unspecified atom stereocenters. The van der Waals surface area contributed by atoms with Crippen molar-refractivity contribution >= 4 is 22.6 Å². The molecule has 0 bridgehead atoms. The minimum absolute atomic E-state index is 0.0783. The molecule has 150 valence electrons. The fourth-order valence-electron chi connectivity index (χ4n) is 4.18. The second-order valence-corrected chi connectivity index (χ2v) is 7.79. The van der Waals surface area contributed by atoms with Crippen LogP contribution in [0.1, 0.15) is 27.2 Å². The molecule has 0 radical (unpaired) electrons. The van der Waals surface area contributed by atoms with Crippen LogP contribution in [0.3, 0.4) is 0 Å². The Labute approximate surface area is 176 Å². The summed E-state index contributed by atoms with van der Waals surface area (Å²) in [5, 5.41) is 4.08. The maximum Gasteiger partial charge on any atom is 0.268 e. The highest BCUT2D eigenvalue weighted by Crippen LogP contribution is 2.23. The number of carbonyl (C=O) groups is 1. The number of hydrogen-bond acceptors (Lipinski definition) is 3. The normalized spacial score (nSPS) is 13.3. The summed E-state index contributed by atoms with van der Waals surface area (Å²) >= 11 is 0. The largest absolute Gasteiger partial charge is 0.352 e. The zero-order chi connectivity index (χ0) is 20.5. The third-order valence-corrected chi connectivity index (χ3v) is 5.90. The Morgan fingerprint density at radius 3 is 2.63 bits per heavy atom. The van der Waals surface area contributed by atoms with E-state index in [4.69, 9.17) is 0 Å². The predicted molar refractivity (Wildman–Crippen MR) is 120 cm³/mol. The molecule has 2 aromatic heterocycles. The number of fused-ring (bicyclic) bond motifs is 2. The van der Waals surface area contributed by atoms with E-state index in [1.807, 2.05) is 60.3 Å². The van der Waals surface area contributed by atoms with Crippen molar-refractivity contribution in [3.8, 4) is 0 Å². The molecule has 1 N–H and O–H groups in total. The van der Waals surface area contributed by atoms with Gasteiger partial charge in [-0.05, 0) is 41.3 Å². The van der Waals surface area contributed by atoms with E-state index in [9.17, 15) is 4.79 Å². The minimum atomic E-state index is -0.0783. The van der Waals surface area contributed by atoms with E-state index in [1.54, 1.807) is 0 Å². The van der Waals surface area contributed by atoms with Gasteiger partial charge in [-0.1, -0.05) is 48.5 Å². The number of aryl methyl sites for hydroxylation is 1. The van der Waals surface area contributed by atoms with E-state index in [1.165, 1.54) is 11.1 Å². The minimum Gasteiger partial charge on any atom is -0.352 e. The van der Waals surface area contributed by atoms with E-state index in [-0.39, 0.29) is 5.91 Å². The fourth-order valence-corrected chi connectivity index (χ4v) is 4.18. The lowest BCUT2D eigenvalue weighted by Gasteiger charge is -2.29. The molecule has 5 nitrogen and oxygen atoms in total. The second kappa shape index (κ2) is 7.67. The first-order chi connectivity index (χ1) is 14.7. The van der Waals surface area contributed by atoms with Gasteiger partial charge in [-0.3, -0.25) is 4.79 Å². The van der Waals surface area contributed by atoms with Gasteiger partial charge in [0.2, 0.25) is 0 Å². The number of hydrogen-bond donors (Lipinski definition) is 1. The molecule has 0 spiro atoms. The summed E-state index contributed by atoms with van der Waals surface area (Å²) in [4.78, 5) is 19.6. The Morgan fingerprint density at radius 2 is 1.83 bits per heavy atom. The van der Waals surface area contributed by atoms with Gasteiger partial charge < -0.3 is 14.8 Å². The number of pyridine rings is 1. The van der Waals surface area contributed by atoms with Gasteiger partial charge in [-0.15, -0.1) is 0 Å². The summed E-state index contributed by atoms with van der Waals surface area (Å²) < 4.78 is 1.93. The Hall–Kier alpha value is -3.60. The van der Waals surface area contributed by atoms with Crippen LogP contribution in [0, 0.1) is 0 Å². The van der Waals surface area contributed by atoms with Crippen LogP contribution in [0.25, 0.3) is 10.9 Å². The average molecular weight is 396 g/mol. The van der Waals surface area contributed by atoms with E-state index >= 15 is 0 Å². The monoisotopic (exact) mass is 396 g/mol. The smallest absolute Gasteiger partial charge is 0.268 e. The van der Waals surface area contributed by atoms with Gasteiger partial charge >= 0.3 is 0 Å². The van der Waals surface area contributed by atoms with Gasteiger partial charge in [0.1, 0.15) is 11.5 Å². The Morgan fingerprint density at radius 1 is 1.03 bits per heavy atom. The molecule has 0 saturated carbocycles. The number of nitrogens with one attached hydrogen (secondary N) is 1. The van der Waals surface area contributed by atoms with Gasteiger partial charge in [0.25, 0.3) is 5.91 Å². The second-order valence-electron chi connectivity index (χ2n) is 7.79. The highest BCUT2D eigenvalue weighted by atomic mass is 16.1. The van der Waals surface area contributed by atoms with Crippen molar-refractivity contribution in [3.63, 3.8) is 0 Å². The van der Waals surface area contributed by atoms with Crippen LogP contribution in [0.15, 0.2) is 72.9 Å². The zero-order valence-electron chi connectivity index (χ0n) is 17.0. The molecule has 0 fully saturated rings. The standard InChI is InChI=1S/C25H24N4O/c1-28-22-9-5-4-7-20(22)14-23(28)25(30)27-16-18-10-11-24(26-15-18)29-13-12-19-6-2-3-8-21(19)17-29/h2-11,14-15H,12-13,16-17H2,1H3,(H,27,30). The van der Waals surface area contributed by atoms with Gasteiger partial charge in [0, 0.05) is 43.8 Å². The van der Waals surface area contributed by atoms with Crippen LogP contribution >= 0.6 is 0 Å². The van der Waals surface area contributed by atoms with Gasteiger partial charge in [-0.25, -0.2) is 4.98 Å². The highest BCUT2D eigenvalue weighted by molar-refractivity contribution is 5.98. The van der Waals surface area contributed by atoms with Crippen LogP contribution in [0.2, 0.25) is 0 Å². The molecular formula is C25H24N4O. The number of anilines is 1. The van der Waals surface area contributed by atoms with Crippen molar-refractivity contribution in [2.45, 2.75) is 19.5 Å². The summed E-state index contributed by atoms with van der Waals surface area (Å²) in [5.41, 5.74) is 5.51.